The molecule has 23 heavy (non-hydrogen) atoms. The fourth-order valence-corrected chi connectivity index (χ4v) is 4.12. The van der Waals surface area contributed by atoms with Crippen LogP contribution in [0.5, 0.6) is 0 Å². The van der Waals surface area contributed by atoms with Crippen molar-refractivity contribution < 1.29 is 22.0 Å². The van der Waals surface area contributed by atoms with E-state index in [-0.39, 0.29) is 6.54 Å². The summed E-state index contributed by atoms with van der Waals surface area (Å²) < 4.78 is 52.8. The van der Waals surface area contributed by atoms with Crippen LogP contribution in [-0.4, -0.2) is 20.9 Å². The molecule has 2 aromatic carbocycles. The number of nitrogens with two attached hydrogens (primary N) is 1. The fraction of sp³-hybridized carbons (Fsp3) is 0.133. The predicted octanol–water partition coefficient (Wildman–Crippen LogP) is 1.74. The molecule has 0 aromatic heterocycles. The van der Waals surface area contributed by atoms with E-state index >= 15 is 0 Å². The lowest BCUT2D eigenvalue weighted by atomic mass is 10.0. The van der Waals surface area contributed by atoms with Crippen molar-refractivity contribution in [3.63, 3.8) is 0 Å². The molecule has 1 aliphatic rings. The Morgan fingerprint density at radius 2 is 1.83 bits per heavy atom. The second kappa shape index (κ2) is 5.31. The van der Waals surface area contributed by atoms with Gasteiger partial charge in [0.25, 0.3) is 10.0 Å². The van der Waals surface area contributed by atoms with Crippen LogP contribution in [0, 0.1) is 11.6 Å². The monoisotopic (exact) mass is 338 g/mol. The van der Waals surface area contributed by atoms with Gasteiger partial charge in [-0.25, -0.2) is 17.2 Å². The molecule has 1 aliphatic heterocycles. The van der Waals surface area contributed by atoms with Gasteiger partial charge >= 0.3 is 0 Å². The van der Waals surface area contributed by atoms with Crippen LogP contribution in [0.3, 0.4) is 0 Å². The molecular formula is C15H12F2N2O3S. The van der Waals surface area contributed by atoms with Gasteiger partial charge in [0, 0.05) is 0 Å². The molecule has 2 aromatic rings. The molecule has 3 rings (SSSR count). The van der Waals surface area contributed by atoms with Crippen LogP contribution in [-0.2, 0) is 14.8 Å². The number of rotatable bonds is 3. The maximum Gasteiger partial charge on any atom is 0.264 e. The summed E-state index contributed by atoms with van der Waals surface area (Å²) in [6.45, 7) is -0.171. The predicted molar refractivity (Wildman–Crippen MR) is 79.3 cm³/mol. The Bertz CT molecular complexity index is 899. The number of benzene rings is 2. The Labute approximate surface area is 131 Å². The summed E-state index contributed by atoms with van der Waals surface area (Å²) in [5.41, 5.74) is 6.13. The molecular weight excluding hydrogens is 326 g/mol. The lowest BCUT2D eigenvalue weighted by molar-refractivity contribution is -0.119. The number of nitrogens with zero attached hydrogens (tertiary/aromatic N) is 1. The number of anilines is 1. The standard InChI is InChI=1S/C15H12F2N2O3S/c16-12-6-5-9(7-13(12)17)23(21,22)19-8-11(15(18)20)10-3-1-2-4-14(10)19/h1-7,11H,8H2,(H2,18,20). The minimum Gasteiger partial charge on any atom is -0.369 e. The summed E-state index contributed by atoms with van der Waals surface area (Å²) in [7, 11) is -4.14. The van der Waals surface area contributed by atoms with E-state index in [9.17, 15) is 22.0 Å². The van der Waals surface area contributed by atoms with Gasteiger partial charge in [-0.05, 0) is 29.8 Å². The molecule has 120 valence electrons. The second-order valence-corrected chi connectivity index (χ2v) is 6.99. The minimum atomic E-state index is -4.14. The van der Waals surface area contributed by atoms with Crippen LogP contribution in [0.1, 0.15) is 11.5 Å². The van der Waals surface area contributed by atoms with E-state index in [2.05, 4.69) is 0 Å². The molecule has 0 radical (unpaired) electrons. The zero-order valence-electron chi connectivity index (χ0n) is 11.7. The summed E-state index contributed by atoms with van der Waals surface area (Å²) in [6.07, 6.45) is 0. The Balaban J connectivity index is 2.11. The molecule has 5 nitrogen and oxygen atoms in total. The highest BCUT2D eigenvalue weighted by atomic mass is 32.2. The van der Waals surface area contributed by atoms with Crippen LogP contribution in [0.25, 0.3) is 0 Å². The van der Waals surface area contributed by atoms with Crippen LogP contribution in [0.4, 0.5) is 14.5 Å². The molecule has 0 spiro atoms. The fourth-order valence-electron chi connectivity index (χ4n) is 2.61. The van der Waals surface area contributed by atoms with Gasteiger partial charge in [0.05, 0.1) is 23.0 Å². The van der Waals surface area contributed by atoms with Gasteiger partial charge in [0.2, 0.25) is 5.91 Å². The third-order valence-corrected chi connectivity index (χ3v) is 5.53. The normalized spacial score (nSPS) is 17.1. The summed E-state index contributed by atoms with van der Waals surface area (Å²) in [6, 6.07) is 8.79. The molecule has 2 N–H and O–H groups in total. The lowest BCUT2D eigenvalue weighted by Gasteiger charge is -2.19. The first-order valence-corrected chi connectivity index (χ1v) is 8.12. The number of halogens is 2. The van der Waals surface area contributed by atoms with Gasteiger partial charge in [-0.3, -0.25) is 9.10 Å². The van der Waals surface area contributed by atoms with Crippen molar-refractivity contribution in [2.45, 2.75) is 10.8 Å². The molecule has 0 fully saturated rings. The van der Waals surface area contributed by atoms with Gasteiger partial charge in [0.1, 0.15) is 0 Å². The third-order valence-electron chi connectivity index (χ3n) is 3.75. The van der Waals surface area contributed by atoms with Crippen molar-refractivity contribution in [3.05, 3.63) is 59.7 Å². The molecule has 1 heterocycles. The van der Waals surface area contributed by atoms with Gasteiger partial charge in [0.15, 0.2) is 11.6 Å². The van der Waals surface area contributed by atoms with Gasteiger partial charge in [-0.2, -0.15) is 0 Å². The Morgan fingerprint density at radius 1 is 1.13 bits per heavy atom. The van der Waals surface area contributed by atoms with Crippen molar-refractivity contribution in [3.8, 4) is 0 Å². The number of primary amides is 1. The number of fused-ring (bicyclic) bond motifs is 1. The zero-order chi connectivity index (χ0) is 16.8. The highest BCUT2D eigenvalue weighted by molar-refractivity contribution is 7.92. The summed E-state index contributed by atoms with van der Waals surface area (Å²) in [5.74, 6) is -3.84. The molecule has 8 heteroatoms. The van der Waals surface area contributed by atoms with E-state index < -0.39 is 38.4 Å². The maximum absolute atomic E-state index is 13.4. The number of amides is 1. The highest BCUT2D eigenvalue weighted by Gasteiger charge is 2.39. The second-order valence-electron chi connectivity index (χ2n) is 5.13. The van der Waals surface area contributed by atoms with Gasteiger partial charge in [-0.1, -0.05) is 18.2 Å². The molecule has 0 bridgehead atoms. The first-order chi connectivity index (χ1) is 10.8. The van der Waals surface area contributed by atoms with Crippen LogP contribution in [0.15, 0.2) is 47.4 Å². The first-order valence-electron chi connectivity index (χ1n) is 6.68. The number of hydrogen-bond donors (Lipinski definition) is 1. The van der Waals surface area contributed by atoms with E-state index in [1.807, 2.05) is 0 Å². The molecule has 0 saturated carbocycles. The number of sulfonamides is 1. The van der Waals surface area contributed by atoms with E-state index in [4.69, 9.17) is 5.73 Å². The van der Waals surface area contributed by atoms with Crippen molar-refractivity contribution >= 4 is 21.6 Å². The number of para-hydroxylation sites is 1. The van der Waals surface area contributed by atoms with E-state index in [0.29, 0.717) is 17.3 Å². The molecule has 1 unspecified atom stereocenters. The lowest BCUT2D eigenvalue weighted by Crippen LogP contribution is -2.33. The summed E-state index contributed by atoms with van der Waals surface area (Å²) in [4.78, 5) is 11.2. The molecule has 0 aliphatic carbocycles. The third kappa shape index (κ3) is 2.44. The van der Waals surface area contributed by atoms with Crippen molar-refractivity contribution in [1.82, 2.24) is 0 Å². The number of carbonyl (C=O) groups excluding carboxylic acids is 1. The van der Waals surface area contributed by atoms with Crippen LogP contribution < -0.4 is 10.0 Å². The Hall–Kier alpha value is -2.48. The zero-order valence-corrected chi connectivity index (χ0v) is 12.6. The number of carbonyl (C=O) groups is 1. The largest absolute Gasteiger partial charge is 0.369 e. The SMILES string of the molecule is NC(=O)C1CN(S(=O)(=O)c2ccc(F)c(F)c2)c2ccccc21. The molecule has 0 saturated heterocycles. The highest BCUT2D eigenvalue weighted by Crippen LogP contribution is 2.39. The molecule has 1 amide bonds. The summed E-state index contributed by atoms with van der Waals surface area (Å²) in [5, 5.41) is 0. The maximum atomic E-state index is 13.4. The van der Waals surface area contributed by atoms with E-state index in [1.54, 1.807) is 18.2 Å². The first kappa shape index (κ1) is 15.4. The Morgan fingerprint density at radius 3 is 2.48 bits per heavy atom. The van der Waals surface area contributed by atoms with E-state index in [0.717, 1.165) is 16.4 Å². The van der Waals surface area contributed by atoms with Crippen molar-refractivity contribution in [2.24, 2.45) is 5.73 Å². The Kier molecular flexibility index (Phi) is 3.56. The smallest absolute Gasteiger partial charge is 0.264 e. The van der Waals surface area contributed by atoms with Crippen molar-refractivity contribution in [1.29, 1.82) is 0 Å². The average molecular weight is 338 g/mol. The van der Waals surface area contributed by atoms with Gasteiger partial charge < -0.3 is 5.73 Å². The van der Waals surface area contributed by atoms with Crippen LogP contribution >= 0.6 is 0 Å². The quantitative estimate of drug-likeness (QED) is 0.926. The van der Waals surface area contributed by atoms with Crippen molar-refractivity contribution in [2.75, 3.05) is 10.8 Å². The topological polar surface area (TPSA) is 80.5 Å². The van der Waals surface area contributed by atoms with E-state index in [1.165, 1.54) is 6.07 Å². The average Bonchev–Trinajstić information content (AvgIpc) is 2.90. The van der Waals surface area contributed by atoms with Gasteiger partial charge in [-0.15, -0.1) is 0 Å². The summed E-state index contributed by atoms with van der Waals surface area (Å²) >= 11 is 0. The number of hydrogen-bond acceptors (Lipinski definition) is 3. The molecule has 1 atom stereocenters. The minimum absolute atomic E-state index is 0.171. The van der Waals surface area contributed by atoms with Crippen LogP contribution in [0.2, 0.25) is 0 Å².